The number of anilines is 1. The maximum absolute atomic E-state index is 13.2. The van der Waals surface area contributed by atoms with Gasteiger partial charge in [0.15, 0.2) is 0 Å². The van der Waals surface area contributed by atoms with E-state index in [1.54, 1.807) is 35.0 Å². The minimum atomic E-state index is -1.04. The SMILES string of the molecule is C[C@H]1CCc2ccccc2N1C(=O)c1ccc(OCCCn2ccnc2C(=O)O)cc1. The third-order valence-electron chi connectivity index (χ3n) is 5.56. The monoisotopic (exact) mass is 419 g/mol. The number of hydrogen-bond acceptors (Lipinski definition) is 4. The fourth-order valence-electron chi connectivity index (χ4n) is 3.94. The number of fused-ring (bicyclic) bond motifs is 1. The average Bonchev–Trinajstić information content (AvgIpc) is 3.26. The first kappa shape index (κ1) is 20.7. The third kappa shape index (κ3) is 4.45. The predicted octanol–water partition coefficient (Wildman–Crippen LogP) is 4.03. The molecule has 0 saturated carbocycles. The first-order valence-corrected chi connectivity index (χ1v) is 10.4. The van der Waals surface area contributed by atoms with Gasteiger partial charge in [-0.25, -0.2) is 9.78 Å². The number of nitrogens with zero attached hydrogens (tertiary/aromatic N) is 3. The molecule has 0 saturated heterocycles. The number of aryl methyl sites for hydroxylation is 2. The first-order chi connectivity index (χ1) is 15.0. The molecule has 0 radical (unpaired) electrons. The first-order valence-electron chi connectivity index (χ1n) is 10.4. The van der Waals surface area contributed by atoms with Crippen LogP contribution in [-0.2, 0) is 13.0 Å². The van der Waals surface area contributed by atoms with E-state index >= 15 is 0 Å². The number of aromatic nitrogens is 2. The van der Waals surface area contributed by atoms with Crippen LogP contribution in [0.3, 0.4) is 0 Å². The van der Waals surface area contributed by atoms with Crippen molar-refractivity contribution in [3.05, 3.63) is 77.9 Å². The molecule has 31 heavy (non-hydrogen) atoms. The Bertz CT molecular complexity index is 1070. The molecule has 1 atom stereocenters. The molecule has 1 aliphatic rings. The van der Waals surface area contributed by atoms with Crippen molar-refractivity contribution in [2.45, 2.75) is 38.8 Å². The van der Waals surface area contributed by atoms with E-state index in [1.165, 1.54) is 11.8 Å². The highest BCUT2D eigenvalue weighted by atomic mass is 16.5. The van der Waals surface area contributed by atoms with Crippen molar-refractivity contribution < 1.29 is 19.4 Å². The molecule has 1 amide bonds. The van der Waals surface area contributed by atoms with E-state index in [0.29, 0.717) is 30.9 Å². The molecule has 0 aliphatic carbocycles. The lowest BCUT2D eigenvalue weighted by Crippen LogP contribution is -2.42. The van der Waals surface area contributed by atoms with Gasteiger partial charge in [-0.2, -0.15) is 0 Å². The zero-order valence-corrected chi connectivity index (χ0v) is 17.4. The number of aromatic carboxylic acids is 1. The Kier molecular flexibility index (Phi) is 6.02. The smallest absolute Gasteiger partial charge is 0.372 e. The largest absolute Gasteiger partial charge is 0.494 e. The van der Waals surface area contributed by atoms with E-state index in [0.717, 1.165) is 18.5 Å². The van der Waals surface area contributed by atoms with Crippen molar-refractivity contribution >= 4 is 17.6 Å². The number of para-hydroxylation sites is 1. The van der Waals surface area contributed by atoms with Gasteiger partial charge < -0.3 is 19.3 Å². The molecular weight excluding hydrogens is 394 g/mol. The van der Waals surface area contributed by atoms with Crippen LogP contribution in [-0.4, -0.2) is 39.2 Å². The number of imidazole rings is 1. The fourth-order valence-corrected chi connectivity index (χ4v) is 3.94. The van der Waals surface area contributed by atoms with Crippen molar-refractivity contribution in [1.82, 2.24) is 9.55 Å². The summed E-state index contributed by atoms with van der Waals surface area (Å²) in [7, 11) is 0. The summed E-state index contributed by atoms with van der Waals surface area (Å²) in [6.07, 6.45) is 5.69. The number of carbonyl (C=O) groups excluding carboxylic acids is 1. The second-order valence-electron chi connectivity index (χ2n) is 7.67. The molecule has 0 bridgehead atoms. The summed E-state index contributed by atoms with van der Waals surface area (Å²) in [4.78, 5) is 30.0. The van der Waals surface area contributed by atoms with Gasteiger partial charge in [-0.05, 0) is 62.1 Å². The van der Waals surface area contributed by atoms with Crippen LogP contribution in [0, 0.1) is 0 Å². The number of carboxylic acids is 1. The Labute approximate surface area is 180 Å². The van der Waals surface area contributed by atoms with E-state index in [4.69, 9.17) is 9.84 Å². The number of rotatable bonds is 7. The van der Waals surface area contributed by atoms with Crippen LogP contribution in [0.1, 0.15) is 46.3 Å². The van der Waals surface area contributed by atoms with E-state index in [9.17, 15) is 9.59 Å². The minimum Gasteiger partial charge on any atom is -0.494 e. The second-order valence-corrected chi connectivity index (χ2v) is 7.67. The summed E-state index contributed by atoms with van der Waals surface area (Å²) in [5, 5.41) is 9.08. The van der Waals surface area contributed by atoms with Gasteiger partial charge in [-0.1, -0.05) is 18.2 Å². The van der Waals surface area contributed by atoms with Gasteiger partial charge in [0.1, 0.15) is 5.75 Å². The van der Waals surface area contributed by atoms with E-state index in [2.05, 4.69) is 18.0 Å². The van der Waals surface area contributed by atoms with Gasteiger partial charge in [0.2, 0.25) is 5.82 Å². The molecule has 0 spiro atoms. The van der Waals surface area contributed by atoms with Gasteiger partial charge >= 0.3 is 5.97 Å². The van der Waals surface area contributed by atoms with Crippen LogP contribution in [0.2, 0.25) is 0 Å². The van der Waals surface area contributed by atoms with Crippen LogP contribution < -0.4 is 9.64 Å². The zero-order valence-electron chi connectivity index (χ0n) is 17.4. The molecule has 0 unspecified atom stereocenters. The lowest BCUT2D eigenvalue weighted by Gasteiger charge is -2.35. The van der Waals surface area contributed by atoms with Crippen molar-refractivity contribution in [1.29, 1.82) is 0 Å². The topological polar surface area (TPSA) is 84.7 Å². The highest BCUT2D eigenvalue weighted by Gasteiger charge is 2.28. The summed E-state index contributed by atoms with van der Waals surface area (Å²) >= 11 is 0. The maximum Gasteiger partial charge on any atom is 0.372 e. The standard InChI is InChI=1S/C24H25N3O4/c1-17-7-8-18-5-2-3-6-21(18)27(17)23(28)19-9-11-20(12-10-19)31-16-4-14-26-15-13-25-22(26)24(29)30/h2-3,5-6,9-13,15,17H,4,7-8,14,16H2,1H3,(H,29,30)/t17-/m0/s1. The van der Waals surface area contributed by atoms with E-state index in [-0.39, 0.29) is 17.8 Å². The Balaban J connectivity index is 1.35. The lowest BCUT2D eigenvalue weighted by atomic mass is 9.96. The van der Waals surface area contributed by atoms with E-state index in [1.807, 2.05) is 23.1 Å². The summed E-state index contributed by atoms with van der Waals surface area (Å²) in [5.74, 6) is -0.353. The number of carbonyl (C=O) groups is 2. The molecule has 3 aromatic rings. The normalized spacial score (nSPS) is 15.4. The summed E-state index contributed by atoms with van der Waals surface area (Å²) in [5.41, 5.74) is 2.82. The molecule has 2 aromatic carbocycles. The molecule has 160 valence electrons. The Morgan fingerprint density at radius 3 is 2.71 bits per heavy atom. The number of ether oxygens (including phenoxy) is 1. The summed E-state index contributed by atoms with van der Waals surface area (Å²) in [6, 6.07) is 15.4. The molecule has 1 aliphatic heterocycles. The number of benzene rings is 2. The van der Waals surface area contributed by atoms with Gasteiger partial charge in [-0.15, -0.1) is 0 Å². The van der Waals surface area contributed by atoms with Crippen LogP contribution in [0.25, 0.3) is 0 Å². The molecule has 1 aromatic heterocycles. The lowest BCUT2D eigenvalue weighted by molar-refractivity contribution is 0.0677. The highest BCUT2D eigenvalue weighted by molar-refractivity contribution is 6.07. The number of carboxylic acid groups (broad SMARTS) is 1. The third-order valence-corrected chi connectivity index (χ3v) is 5.56. The highest BCUT2D eigenvalue weighted by Crippen LogP contribution is 2.32. The van der Waals surface area contributed by atoms with E-state index < -0.39 is 5.97 Å². The molecular formula is C24H25N3O4. The van der Waals surface area contributed by atoms with Gasteiger partial charge in [0, 0.05) is 36.2 Å². The predicted molar refractivity (Wildman–Crippen MR) is 117 cm³/mol. The van der Waals surface area contributed by atoms with Crippen LogP contribution in [0.15, 0.2) is 60.9 Å². The van der Waals surface area contributed by atoms with Crippen LogP contribution in [0.5, 0.6) is 5.75 Å². The Hall–Kier alpha value is -3.61. The Morgan fingerprint density at radius 1 is 1.16 bits per heavy atom. The zero-order chi connectivity index (χ0) is 21.8. The van der Waals surface area contributed by atoms with Crippen molar-refractivity contribution in [2.24, 2.45) is 0 Å². The minimum absolute atomic E-state index is 0.00694. The summed E-state index contributed by atoms with van der Waals surface area (Å²) in [6.45, 7) is 3.02. The molecule has 0 fully saturated rings. The second kappa shape index (κ2) is 9.04. The molecule has 1 N–H and O–H groups in total. The van der Waals surface area contributed by atoms with Gasteiger partial charge in [0.25, 0.3) is 5.91 Å². The quantitative estimate of drug-likeness (QED) is 0.585. The van der Waals surface area contributed by atoms with Crippen molar-refractivity contribution in [3.8, 4) is 5.75 Å². The molecule has 2 heterocycles. The van der Waals surface area contributed by atoms with Crippen molar-refractivity contribution in [2.75, 3.05) is 11.5 Å². The van der Waals surface area contributed by atoms with Gasteiger partial charge in [-0.3, -0.25) is 4.79 Å². The molecule has 7 nitrogen and oxygen atoms in total. The summed E-state index contributed by atoms with van der Waals surface area (Å²) < 4.78 is 7.34. The molecule has 4 rings (SSSR count). The fraction of sp³-hybridized carbons (Fsp3) is 0.292. The Morgan fingerprint density at radius 2 is 1.94 bits per heavy atom. The average molecular weight is 419 g/mol. The number of amides is 1. The van der Waals surface area contributed by atoms with Crippen LogP contribution >= 0.6 is 0 Å². The molecule has 7 heteroatoms. The van der Waals surface area contributed by atoms with Gasteiger partial charge in [0.05, 0.1) is 6.61 Å². The van der Waals surface area contributed by atoms with Crippen molar-refractivity contribution in [3.63, 3.8) is 0 Å². The maximum atomic E-state index is 13.2. The number of hydrogen-bond donors (Lipinski definition) is 1. The van der Waals surface area contributed by atoms with Crippen LogP contribution in [0.4, 0.5) is 5.69 Å².